The maximum absolute atomic E-state index is 12.3. The van der Waals surface area contributed by atoms with Crippen LogP contribution in [-0.4, -0.2) is 41.9 Å². The molecule has 0 saturated heterocycles. The minimum atomic E-state index is -2.70. The van der Waals surface area contributed by atoms with Crippen LogP contribution in [0.1, 0.15) is 82.2 Å². The summed E-state index contributed by atoms with van der Waals surface area (Å²) in [6.45, 7) is 0.341. The Morgan fingerprint density at radius 1 is 1.08 bits per heavy atom. The van der Waals surface area contributed by atoms with Crippen LogP contribution in [0.15, 0.2) is 4.99 Å². The molecule has 0 radical (unpaired) electrons. The molecule has 0 spiro atoms. The van der Waals surface area contributed by atoms with Crippen molar-refractivity contribution in [2.24, 2.45) is 10.7 Å². The predicted octanol–water partition coefficient (Wildman–Crippen LogP) is 3.00. The first-order valence-corrected chi connectivity index (χ1v) is 8.88. The SMILES string of the molecule is [2H]C([2H])([2H])N1CC(=O)OC(C)(C)CCCCCCCCCCC(=O)N=C1N. The number of hydrogen-bond donors (Lipinski definition) is 1. The summed E-state index contributed by atoms with van der Waals surface area (Å²) in [5.41, 5.74) is 5.03. The summed E-state index contributed by atoms with van der Waals surface area (Å²) in [5, 5.41) is 0. The predicted molar refractivity (Wildman–Crippen MR) is 95.6 cm³/mol. The van der Waals surface area contributed by atoms with Gasteiger partial charge in [0, 0.05) is 17.5 Å². The summed E-state index contributed by atoms with van der Waals surface area (Å²) in [4.78, 5) is 28.5. The summed E-state index contributed by atoms with van der Waals surface area (Å²) >= 11 is 0. The van der Waals surface area contributed by atoms with Crippen molar-refractivity contribution in [1.82, 2.24) is 4.90 Å². The second-order valence-corrected chi connectivity index (χ2v) is 7.01. The highest BCUT2D eigenvalue weighted by atomic mass is 16.6. The lowest BCUT2D eigenvalue weighted by Crippen LogP contribution is -2.41. The van der Waals surface area contributed by atoms with Crippen molar-refractivity contribution in [1.29, 1.82) is 0 Å². The molecule has 0 saturated carbocycles. The molecule has 1 amide bonds. The van der Waals surface area contributed by atoms with Gasteiger partial charge in [0.25, 0.3) is 0 Å². The van der Waals surface area contributed by atoms with Gasteiger partial charge >= 0.3 is 5.97 Å². The average molecular weight is 342 g/mol. The fourth-order valence-corrected chi connectivity index (χ4v) is 2.73. The number of amides is 1. The van der Waals surface area contributed by atoms with E-state index in [9.17, 15) is 9.59 Å². The third-order valence-corrected chi connectivity index (χ3v) is 4.11. The molecule has 0 aliphatic carbocycles. The second kappa shape index (κ2) is 10.3. The van der Waals surface area contributed by atoms with Crippen molar-refractivity contribution in [2.75, 3.05) is 13.5 Å². The molecule has 0 aromatic carbocycles. The molecule has 0 fully saturated rings. The van der Waals surface area contributed by atoms with Gasteiger partial charge in [0.2, 0.25) is 5.91 Å². The average Bonchev–Trinajstić information content (AvgIpc) is 2.51. The Hall–Kier alpha value is -1.59. The number of carbonyl (C=O) groups is 2. The number of cyclic esters (lactones) is 1. The van der Waals surface area contributed by atoms with Crippen LogP contribution in [0, 0.1) is 0 Å². The largest absolute Gasteiger partial charge is 0.458 e. The minimum absolute atomic E-state index is 0.215. The molecule has 0 unspecified atom stereocenters. The molecular weight excluding hydrogens is 306 g/mol. The first-order valence-electron chi connectivity index (χ1n) is 10.4. The van der Waals surface area contributed by atoms with Crippen LogP contribution in [0.4, 0.5) is 0 Å². The molecule has 0 aromatic rings. The molecule has 0 atom stereocenters. The summed E-state index contributed by atoms with van der Waals surface area (Å²) < 4.78 is 28.2. The lowest BCUT2D eigenvalue weighted by molar-refractivity contribution is -0.157. The maximum Gasteiger partial charge on any atom is 0.326 e. The lowest BCUT2D eigenvalue weighted by Gasteiger charge is -2.27. The first-order chi connectivity index (χ1) is 12.5. The Labute approximate surface area is 150 Å². The number of rotatable bonds is 0. The highest BCUT2D eigenvalue weighted by Crippen LogP contribution is 2.20. The number of nitrogens with zero attached hydrogens (tertiary/aromatic N) is 2. The quantitative estimate of drug-likeness (QED) is 0.684. The topological polar surface area (TPSA) is 85.0 Å². The van der Waals surface area contributed by atoms with Gasteiger partial charge in [-0.05, 0) is 33.1 Å². The third kappa shape index (κ3) is 8.89. The van der Waals surface area contributed by atoms with E-state index < -0.39 is 37.0 Å². The van der Waals surface area contributed by atoms with Crippen LogP contribution in [0.3, 0.4) is 0 Å². The number of aliphatic imine (C=N–C) groups is 1. The molecule has 0 bridgehead atoms. The van der Waals surface area contributed by atoms with Gasteiger partial charge in [-0.2, -0.15) is 4.99 Å². The number of esters is 1. The van der Waals surface area contributed by atoms with Crippen molar-refractivity contribution >= 4 is 17.8 Å². The normalized spacial score (nSPS) is 25.3. The molecule has 1 aliphatic rings. The van der Waals surface area contributed by atoms with Gasteiger partial charge in [-0.1, -0.05) is 38.5 Å². The molecule has 1 aliphatic heterocycles. The van der Waals surface area contributed by atoms with E-state index in [1.807, 2.05) is 13.8 Å². The van der Waals surface area contributed by atoms with Crippen molar-refractivity contribution in [3.05, 3.63) is 0 Å². The van der Waals surface area contributed by atoms with Crippen LogP contribution in [0.5, 0.6) is 0 Å². The van der Waals surface area contributed by atoms with Gasteiger partial charge < -0.3 is 15.4 Å². The molecule has 24 heavy (non-hydrogen) atoms. The second-order valence-electron chi connectivity index (χ2n) is 7.01. The summed E-state index contributed by atoms with van der Waals surface area (Å²) in [7, 11) is 0. The fraction of sp³-hybridized carbons (Fsp3) is 0.833. The van der Waals surface area contributed by atoms with E-state index in [-0.39, 0.29) is 6.42 Å². The van der Waals surface area contributed by atoms with Gasteiger partial charge in [-0.25, -0.2) is 0 Å². The molecule has 0 aromatic heterocycles. The van der Waals surface area contributed by atoms with Crippen LogP contribution >= 0.6 is 0 Å². The summed E-state index contributed by atoms with van der Waals surface area (Å²) in [6.07, 6.45) is 9.05. The van der Waals surface area contributed by atoms with Crippen LogP contribution in [-0.2, 0) is 14.3 Å². The van der Waals surface area contributed by atoms with Crippen molar-refractivity contribution in [3.63, 3.8) is 0 Å². The summed E-state index contributed by atoms with van der Waals surface area (Å²) in [6, 6.07) is 0. The molecule has 6 heteroatoms. The van der Waals surface area contributed by atoms with E-state index in [1.165, 1.54) is 0 Å². The smallest absolute Gasteiger partial charge is 0.326 e. The van der Waals surface area contributed by atoms with E-state index in [0.717, 1.165) is 44.9 Å². The van der Waals surface area contributed by atoms with Crippen LogP contribution < -0.4 is 5.73 Å². The highest BCUT2D eigenvalue weighted by Gasteiger charge is 2.23. The zero-order valence-electron chi connectivity index (χ0n) is 18.0. The molecule has 138 valence electrons. The minimum Gasteiger partial charge on any atom is -0.458 e. The zero-order chi connectivity index (χ0) is 20.5. The number of likely N-dealkylation sites (N-methyl/N-ethyl adjacent to an activating group) is 1. The molecule has 6 nitrogen and oxygen atoms in total. The number of nitrogens with two attached hydrogens (primary N) is 1. The van der Waals surface area contributed by atoms with Crippen molar-refractivity contribution in [2.45, 2.75) is 83.7 Å². The molecule has 1 heterocycles. The van der Waals surface area contributed by atoms with Gasteiger partial charge in [0.15, 0.2) is 5.96 Å². The molecule has 2 N–H and O–H groups in total. The zero-order valence-corrected chi connectivity index (χ0v) is 15.0. The van der Waals surface area contributed by atoms with E-state index >= 15 is 0 Å². The molecule has 1 rings (SSSR count). The monoisotopic (exact) mass is 342 g/mol. The van der Waals surface area contributed by atoms with Gasteiger partial charge in [0.05, 0.1) is 0 Å². The van der Waals surface area contributed by atoms with Gasteiger partial charge in [-0.15, -0.1) is 0 Å². The Kier molecular flexibility index (Phi) is 6.84. The van der Waals surface area contributed by atoms with Gasteiger partial charge in [-0.3, -0.25) is 9.59 Å². The lowest BCUT2D eigenvalue weighted by atomic mass is 9.99. The maximum atomic E-state index is 12.3. The Balaban J connectivity index is 2.91. The van der Waals surface area contributed by atoms with Crippen molar-refractivity contribution in [3.8, 4) is 0 Å². The van der Waals surface area contributed by atoms with Gasteiger partial charge in [0.1, 0.15) is 12.1 Å². The fourth-order valence-electron chi connectivity index (χ4n) is 2.73. The first kappa shape index (κ1) is 15.9. The summed E-state index contributed by atoms with van der Waals surface area (Å²) in [5.74, 6) is -1.66. The number of guanidine groups is 1. The Bertz CT molecular complexity index is 534. The third-order valence-electron chi connectivity index (χ3n) is 4.11. The Morgan fingerprint density at radius 3 is 2.29 bits per heavy atom. The van der Waals surface area contributed by atoms with Crippen molar-refractivity contribution < 1.29 is 18.4 Å². The van der Waals surface area contributed by atoms with Crippen LogP contribution in [0.25, 0.3) is 0 Å². The van der Waals surface area contributed by atoms with E-state index in [4.69, 9.17) is 14.6 Å². The van der Waals surface area contributed by atoms with E-state index in [2.05, 4.69) is 4.99 Å². The number of hydrogen-bond acceptors (Lipinski definition) is 5. The van der Waals surface area contributed by atoms with Crippen LogP contribution in [0.2, 0.25) is 0 Å². The number of carbonyl (C=O) groups excluding carboxylic acids is 2. The Morgan fingerprint density at radius 2 is 1.67 bits per heavy atom. The van der Waals surface area contributed by atoms with E-state index in [0.29, 0.717) is 17.7 Å². The van der Waals surface area contributed by atoms with E-state index in [1.54, 1.807) is 0 Å². The standard InChI is InChI=1S/C18H33N3O3/c1-18(2)13-11-9-7-5-4-6-8-10-12-15(22)20-17(19)21(3)14-16(23)24-18/h4-14H2,1-3H3,(H2,19,20,22)/i3D3. The molecular formula is C18H33N3O3. The number of ether oxygens (including phenoxy) is 1. The highest BCUT2D eigenvalue weighted by molar-refractivity contribution is 5.93.